The summed E-state index contributed by atoms with van der Waals surface area (Å²) in [6.45, 7) is 0. The summed E-state index contributed by atoms with van der Waals surface area (Å²) in [7, 11) is 0. The summed E-state index contributed by atoms with van der Waals surface area (Å²) in [5, 5.41) is 7.36. The first-order valence-electron chi connectivity index (χ1n) is 18.1. The van der Waals surface area contributed by atoms with E-state index in [9.17, 15) is 0 Å². The fourth-order valence-electron chi connectivity index (χ4n) is 8.01. The first kappa shape index (κ1) is 30.7. The number of rotatable bonds is 5. The Hall–Kier alpha value is -6.95. The molecule has 0 amide bonds. The average molecular weight is 707 g/mol. The Morgan fingerprint density at radius 3 is 1.72 bits per heavy atom. The molecule has 5 heteroatoms. The molecule has 8 aromatic carbocycles. The molecule has 11 rings (SSSR count). The van der Waals surface area contributed by atoms with Gasteiger partial charge in [0.2, 0.25) is 0 Å². The van der Waals surface area contributed by atoms with Gasteiger partial charge in [0.15, 0.2) is 17.5 Å². The molecule has 0 radical (unpaired) electrons. The van der Waals surface area contributed by atoms with Crippen LogP contribution in [0.15, 0.2) is 182 Å². The van der Waals surface area contributed by atoms with Crippen LogP contribution >= 0.6 is 11.3 Å². The highest BCUT2D eigenvalue weighted by atomic mass is 32.1. The molecule has 0 aliphatic rings. The van der Waals surface area contributed by atoms with Gasteiger partial charge in [0, 0.05) is 58.7 Å². The van der Waals surface area contributed by atoms with Crippen molar-refractivity contribution >= 4 is 64.1 Å². The molecule has 11 aromatic rings. The van der Waals surface area contributed by atoms with Gasteiger partial charge in [0.05, 0.1) is 11.0 Å². The lowest BCUT2D eigenvalue weighted by atomic mass is 9.93. The topological polar surface area (TPSA) is 43.6 Å². The molecule has 0 saturated carbocycles. The van der Waals surface area contributed by atoms with E-state index in [1.54, 1.807) is 0 Å². The number of aromatic nitrogens is 4. The fraction of sp³-hybridized carbons (Fsp3) is 0. The van der Waals surface area contributed by atoms with E-state index in [-0.39, 0.29) is 0 Å². The predicted octanol–water partition coefficient (Wildman–Crippen LogP) is 13.2. The van der Waals surface area contributed by atoms with Crippen molar-refractivity contribution in [1.82, 2.24) is 19.5 Å². The van der Waals surface area contributed by atoms with E-state index >= 15 is 0 Å². The zero-order valence-electron chi connectivity index (χ0n) is 29.0. The summed E-state index contributed by atoms with van der Waals surface area (Å²) >= 11 is 1.88. The molecule has 0 N–H and O–H groups in total. The Morgan fingerprint density at radius 2 is 1.00 bits per heavy atom. The van der Waals surface area contributed by atoms with Gasteiger partial charge in [-0.15, -0.1) is 11.3 Å². The highest BCUT2D eigenvalue weighted by molar-refractivity contribution is 7.26. The second kappa shape index (κ2) is 12.3. The minimum absolute atomic E-state index is 0.648. The summed E-state index contributed by atoms with van der Waals surface area (Å²) in [5.74, 6) is 1.95. The van der Waals surface area contributed by atoms with Crippen molar-refractivity contribution in [2.24, 2.45) is 0 Å². The Bertz CT molecular complexity index is 3140. The maximum absolute atomic E-state index is 5.14. The standard InChI is InChI=1S/C49H30N4S/c1-4-14-32(15-5-1)47-50-48(33-16-6-2-7-17-33)52-49(51-47)39-24-13-19-31-18-12-23-36(44(31)39)34-26-28-41-40(30-34)45-42(53(41)35-20-8-3-9-21-35)29-27-38-37-22-10-11-25-43(37)54-46(38)45/h1-30H. The molecular weight excluding hydrogens is 677 g/mol. The number of fused-ring (bicyclic) bond motifs is 8. The molecule has 0 unspecified atom stereocenters. The molecule has 0 aliphatic carbocycles. The summed E-state index contributed by atoms with van der Waals surface area (Å²) in [6.07, 6.45) is 0. The van der Waals surface area contributed by atoms with Crippen LogP contribution in [-0.4, -0.2) is 19.5 Å². The minimum Gasteiger partial charge on any atom is -0.309 e. The number of thiophene rings is 1. The van der Waals surface area contributed by atoms with Gasteiger partial charge in [-0.05, 0) is 52.9 Å². The van der Waals surface area contributed by atoms with E-state index in [2.05, 4.69) is 150 Å². The van der Waals surface area contributed by atoms with Crippen LogP contribution < -0.4 is 0 Å². The quantitative estimate of drug-likeness (QED) is 0.179. The highest BCUT2D eigenvalue weighted by Crippen LogP contribution is 2.45. The molecule has 0 bridgehead atoms. The van der Waals surface area contributed by atoms with E-state index in [0.29, 0.717) is 17.5 Å². The third-order valence-corrected chi connectivity index (χ3v) is 11.6. The predicted molar refractivity (Wildman–Crippen MR) is 226 cm³/mol. The number of nitrogens with zero attached hydrogens (tertiary/aromatic N) is 4. The van der Waals surface area contributed by atoms with Crippen molar-refractivity contribution in [1.29, 1.82) is 0 Å². The first-order valence-corrected chi connectivity index (χ1v) is 18.9. The van der Waals surface area contributed by atoms with Gasteiger partial charge in [-0.1, -0.05) is 146 Å². The van der Waals surface area contributed by atoms with Gasteiger partial charge in [-0.2, -0.15) is 0 Å². The van der Waals surface area contributed by atoms with Crippen LogP contribution in [-0.2, 0) is 0 Å². The molecule has 3 heterocycles. The number of hydrogen-bond donors (Lipinski definition) is 0. The van der Waals surface area contributed by atoms with Gasteiger partial charge in [0.1, 0.15) is 0 Å². The zero-order valence-corrected chi connectivity index (χ0v) is 29.8. The Labute approximate surface area is 315 Å². The van der Waals surface area contributed by atoms with E-state index in [0.717, 1.165) is 44.3 Å². The van der Waals surface area contributed by atoms with Crippen LogP contribution in [0.5, 0.6) is 0 Å². The second-order valence-electron chi connectivity index (χ2n) is 13.6. The SMILES string of the molecule is c1ccc(-c2nc(-c3ccccc3)nc(-c3cccc4cccc(-c5ccc6c(c5)c5c7sc8ccccc8c7ccc5n6-c5ccccc5)c34)n2)cc1. The number of benzene rings is 8. The third kappa shape index (κ3) is 4.86. The van der Waals surface area contributed by atoms with Crippen molar-refractivity contribution in [2.45, 2.75) is 0 Å². The van der Waals surface area contributed by atoms with Crippen molar-refractivity contribution in [3.05, 3.63) is 182 Å². The van der Waals surface area contributed by atoms with Crippen LogP contribution in [0.25, 0.3) is 104 Å². The Morgan fingerprint density at radius 1 is 0.389 bits per heavy atom. The largest absolute Gasteiger partial charge is 0.309 e. The van der Waals surface area contributed by atoms with Gasteiger partial charge in [-0.3, -0.25) is 0 Å². The summed E-state index contributed by atoms with van der Waals surface area (Å²) < 4.78 is 5.03. The Kier molecular flexibility index (Phi) is 7.00. The third-order valence-electron chi connectivity index (χ3n) is 10.4. The molecule has 0 atom stereocenters. The summed E-state index contributed by atoms with van der Waals surface area (Å²) in [6, 6.07) is 64.3. The van der Waals surface area contributed by atoms with Crippen molar-refractivity contribution in [3.8, 4) is 51.0 Å². The lowest BCUT2D eigenvalue weighted by Crippen LogP contribution is -2.00. The minimum atomic E-state index is 0.648. The van der Waals surface area contributed by atoms with Crippen molar-refractivity contribution < 1.29 is 0 Å². The van der Waals surface area contributed by atoms with E-state index in [1.807, 2.05) is 47.7 Å². The van der Waals surface area contributed by atoms with Crippen molar-refractivity contribution in [3.63, 3.8) is 0 Å². The monoisotopic (exact) mass is 706 g/mol. The summed E-state index contributed by atoms with van der Waals surface area (Å²) in [5.41, 5.74) is 8.69. The fourth-order valence-corrected chi connectivity index (χ4v) is 9.26. The molecular formula is C49H30N4S. The van der Waals surface area contributed by atoms with Crippen LogP contribution in [0.1, 0.15) is 0 Å². The first-order chi connectivity index (χ1) is 26.8. The van der Waals surface area contributed by atoms with E-state index < -0.39 is 0 Å². The molecule has 4 nitrogen and oxygen atoms in total. The van der Waals surface area contributed by atoms with Crippen LogP contribution in [0.2, 0.25) is 0 Å². The molecule has 0 spiro atoms. The molecule has 3 aromatic heterocycles. The van der Waals surface area contributed by atoms with Gasteiger partial charge in [-0.25, -0.2) is 15.0 Å². The average Bonchev–Trinajstić information content (AvgIpc) is 3.79. The number of para-hydroxylation sites is 1. The Balaban J connectivity index is 1.19. The highest BCUT2D eigenvalue weighted by Gasteiger charge is 2.20. The zero-order chi connectivity index (χ0) is 35.6. The van der Waals surface area contributed by atoms with Crippen LogP contribution in [0.3, 0.4) is 0 Å². The molecule has 252 valence electrons. The van der Waals surface area contributed by atoms with Crippen LogP contribution in [0.4, 0.5) is 0 Å². The maximum Gasteiger partial charge on any atom is 0.164 e. The van der Waals surface area contributed by atoms with Gasteiger partial charge >= 0.3 is 0 Å². The normalized spacial score (nSPS) is 11.7. The molecule has 0 aliphatic heterocycles. The molecule has 0 fully saturated rings. The van der Waals surface area contributed by atoms with Crippen LogP contribution in [0, 0.1) is 0 Å². The van der Waals surface area contributed by atoms with Crippen molar-refractivity contribution in [2.75, 3.05) is 0 Å². The maximum atomic E-state index is 5.14. The second-order valence-corrected chi connectivity index (χ2v) is 14.6. The molecule has 0 saturated heterocycles. The lowest BCUT2D eigenvalue weighted by Gasteiger charge is -2.14. The van der Waals surface area contributed by atoms with Gasteiger partial charge < -0.3 is 4.57 Å². The lowest BCUT2D eigenvalue weighted by molar-refractivity contribution is 1.08. The van der Waals surface area contributed by atoms with E-state index in [1.165, 1.54) is 42.0 Å². The number of hydrogen-bond acceptors (Lipinski definition) is 4. The van der Waals surface area contributed by atoms with Gasteiger partial charge in [0.25, 0.3) is 0 Å². The van der Waals surface area contributed by atoms with E-state index in [4.69, 9.17) is 15.0 Å². The molecule has 54 heavy (non-hydrogen) atoms. The summed E-state index contributed by atoms with van der Waals surface area (Å²) in [4.78, 5) is 15.3. The smallest absolute Gasteiger partial charge is 0.164 e.